The molecule has 2 saturated heterocycles. The summed E-state index contributed by atoms with van der Waals surface area (Å²) in [4.78, 5) is 59.1. The summed E-state index contributed by atoms with van der Waals surface area (Å²) in [5.74, 6) is 0.109. The first kappa shape index (κ1) is 32.0. The summed E-state index contributed by atoms with van der Waals surface area (Å²) in [6, 6.07) is 11.5. The molecule has 240 valence electrons. The first-order chi connectivity index (χ1) is 21.2. The number of hydrogen-bond donors (Lipinski definition) is 1. The van der Waals surface area contributed by atoms with Gasteiger partial charge in [0.1, 0.15) is 22.8 Å². The van der Waals surface area contributed by atoms with E-state index < -0.39 is 35.5 Å². The lowest BCUT2D eigenvalue weighted by Crippen LogP contribution is -2.45. The van der Waals surface area contributed by atoms with Gasteiger partial charge in [-0.05, 0) is 109 Å². The van der Waals surface area contributed by atoms with E-state index >= 15 is 0 Å². The standard InChI is InChI=1S/C34H42N4O7/c1-33(2,3)44-31(41)37-17-7-9-25(37)27(39)20-21-11-16-28-24(19-21)36-30(43-28)22-12-14-23(15-13-22)35-29(40)26-10-8-18-38(26)32(42)45-34(4,5)6/h11-16,19,25-26H,7-10,17-18,20H2,1-6H3,(H,35,40)/t25-,26-/m0/s1. The Bertz CT molecular complexity index is 1580. The average molecular weight is 619 g/mol. The highest BCUT2D eigenvalue weighted by atomic mass is 16.6. The van der Waals surface area contributed by atoms with Crippen molar-refractivity contribution in [1.82, 2.24) is 14.8 Å². The molecule has 0 saturated carbocycles. The zero-order valence-corrected chi connectivity index (χ0v) is 26.8. The van der Waals surface area contributed by atoms with Gasteiger partial charge in [0.15, 0.2) is 11.4 Å². The van der Waals surface area contributed by atoms with Gasteiger partial charge in [-0.3, -0.25) is 19.4 Å². The largest absolute Gasteiger partial charge is 0.444 e. The van der Waals surface area contributed by atoms with Crippen LogP contribution in [0, 0.1) is 0 Å². The Hall–Kier alpha value is -4.41. The van der Waals surface area contributed by atoms with Crippen LogP contribution in [0.15, 0.2) is 46.9 Å². The number of nitrogens with zero attached hydrogens (tertiary/aromatic N) is 3. The summed E-state index contributed by atoms with van der Waals surface area (Å²) < 4.78 is 17.0. The molecule has 3 amide bonds. The van der Waals surface area contributed by atoms with Gasteiger partial charge in [-0.25, -0.2) is 14.6 Å². The molecule has 5 rings (SSSR count). The molecule has 11 heteroatoms. The maximum Gasteiger partial charge on any atom is 0.410 e. The number of carbonyl (C=O) groups excluding carboxylic acids is 4. The lowest BCUT2D eigenvalue weighted by Gasteiger charge is -2.28. The summed E-state index contributed by atoms with van der Waals surface area (Å²) in [6.45, 7) is 11.8. The van der Waals surface area contributed by atoms with Crippen LogP contribution >= 0.6 is 0 Å². The van der Waals surface area contributed by atoms with Gasteiger partial charge in [0.25, 0.3) is 0 Å². The van der Waals surface area contributed by atoms with Crippen molar-refractivity contribution in [3.8, 4) is 11.5 Å². The minimum atomic E-state index is -0.638. The first-order valence-corrected chi connectivity index (χ1v) is 15.5. The fourth-order valence-corrected chi connectivity index (χ4v) is 5.67. The smallest absolute Gasteiger partial charge is 0.410 e. The Balaban J connectivity index is 1.22. The van der Waals surface area contributed by atoms with Crippen LogP contribution in [0.25, 0.3) is 22.6 Å². The topological polar surface area (TPSA) is 131 Å². The van der Waals surface area contributed by atoms with E-state index in [1.54, 1.807) is 51.1 Å². The van der Waals surface area contributed by atoms with Crippen molar-refractivity contribution >= 4 is 40.7 Å². The van der Waals surface area contributed by atoms with E-state index in [2.05, 4.69) is 10.3 Å². The second-order valence-electron chi connectivity index (χ2n) is 13.7. The molecule has 0 spiro atoms. The van der Waals surface area contributed by atoms with Crippen molar-refractivity contribution in [1.29, 1.82) is 0 Å². The average Bonchev–Trinajstić information content (AvgIpc) is 3.71. The van der Waals surface area contributed by atoms with E-state index in [9.17, 15) is 19.2 Å². The van der Waals surface area contributed by atoms with Crippen molar-refractivity contribution in [3.63, 3.8) is 0 Å². The van der Waals surface area contributed by atoms with E-state index in [0.717, 1.165) is 24.0 Å². The van der Waals surface area contributed by atoms with Crippen LogP contribution in [0.2, 0.25) is 0 Å². The molecule has 1 N–H and O–H groups in total. The number of aromatic nitrogens is 1. The molecular formula is C34H42N4O7. The summed E-state index contributed by atoms with van der Waals surface area (Å²) in [7, 11) is 0. The van der Waals surface area contributed by atoms with Crippen LogP contribution in [0.4, 0.5) is 15.3 Å². The number of fused-ring (bicyclic) bond motifs is 1. The minimum Gasteiger partial charge on any atom is -0.444 e. The highest BCUT2D eigenvalue weighted by molar-refractivity contribution is 5.97. The molecule has 0 aliphatic carbocycles. The molecule has 2 aliphatic rings. The first-order valence-electron chi connectivity index (χ1n) is 15.5. The molecule has 0 bridgehead atoms. The second kappa shape index (κ2) is 12.5. The molecule has 2 atom stereocenters. The molecule has 2 fully saturated rings. The van der Waals surface area contributed by atoms with E-state index in [4.69, 9.17) is 13.9 Å². The predicted octanol–water partition coefficient (Wildman–Crippen LogP) is 6.34. The third-order valence-corrected chi connectivity index (χ3v) is 7.67. The van der Waals surface area contributed by atoms with Gasteiger partial charge in [-0.15, -0.1) is 0 Å². The highest BCUT2D eigenvalue weighted by Gasteiger charge is 2.37. The van der Waals surface area contributed by atoms with Crippen molar-refractivity contribution in [2.75, 3.05) is 18.4 Å². The second-order valence-corrected chi connectivity index (χ2v) is 13.7. The fourth-order valence-electron chi connectivity index (χ4n) is 5.67. The molecule has 2 aromatic carbocycles. The van der Waals surface area contributed by atoms with Gasteiger partial charge in [-0.2, -0.15) is 0 Å². The fraction of sp³-hybridized carbons (Fsp3) is 0.500. The highest BCUT2D eigenvalue weighted by Crippen LogP contribution is 2.28. The number of rotatable bonds is 6. The normalized spacial score (nSPS) is 18.7. The Morgan fingerprint density at radius 2 is 1.42 bits per heavy atom. The van der Waals surface area contributed by atoms with Gasteiger partial charge >= 0.3 is 12.2 Å². The molecule has 1 aromatic heterocycles. The molecular weight excluding hydrogens is 576 g/mol. The van der Waals surface area contributed by atoms with E-state index in [1.807, 2.05) is 32.9 Å². The van der Waals surface area contributed by atoms with Crippen LogP contribution in [0.1, 0.15) is 72.8 Å². The number of nitrogens with one attached hydrogen (secondary N) is 1. The maximum absolute atomic E-state index is 13.2. The summed E-state index contributed by atoms with van der Waals surface area (Å²) in [6.07, 6.45) is 1.91. The number of anilines is 1. The zero-order valence-electron chi connectivity index (χ0n) is 26.8. The molecule has 0 unspecified atom stereocenters. The van der Waals surface area contributed by atoms with Crippen LogP contribution < -0.4 is 5.32 Å². The van der Waals surface area contributed by atoms with Gasteiger partial charge in [0.2, 0.25) is 11.8 Å². The van der Waals surface area contributed by atoms with Gasteiger partial charge in [0, 0.05) is 30.8 Å². The van der Waals surface area contributed by atoms with Crippen molar-refractivity contribution in [2.45, 2.75) is 96.9 Å². The van der Waals surface area contributed by atoms with Crippen molar-refractivity contribution in [2.24, 2.45) is 0 Å². The summed E-state index contributed by atoms with van der Waals surface area (Å²) in [5, 5.41) is 2.90. The number of ether oxygens (including phenoxy) is 2. The number of amides is 3. The van der Waals surface area contributed by atoms with Crippen LogP contribution in [-0.4, -0.2) is 75.0 Å². The number of likely N-dealkylation sites (tertiary alicyclic amines) is 2. The SMILES string of the molecule is CC(C)(C)OC(=O)N1CCC[C@H]1C(=O)Cc1ccc2oc(-c3ccc(NC(=O)[C@@H]4CCCN4C(=O)OC(C)(C)C)cc3)nc2c1. The van der Waals surface area contributed by atoms with Crippen molar-refractivity contribution in [3.05, 3.63) is 48.0 Å². The number of Topliss-reactive ketones (excluding diaryl/α,β-unsaturated/α-hetero) is 1. The Labute approximate surface area is 263 Å². The molecule has 2 aliphatic heterocycles. The number of oxazole rings is 1. The third kappa shape index (κ3) is 7.82. The third-order valence-electron chi connectivity index (χ3n) is 7.67. The number of carbonyl (C=O) groups is 4. The lowest BCUT2D eigenvalue weighted by molar-refractivity contribution is -0.122. The van der Waals surface area contributed by atoms with Crippen LogP contribution in [0.5, 0.6) is 0 Å². The summed E-state index contributed by atoms with van der Waals surface area (Å²) >= 11 is 0. The number of ketones is 1. The molecule has 3 aromatic rings. The lowest BCUT2D eigenvalue weighted by atomic mass is 10.0. The molecule has 3 heterocycles. The van der Waals surface area contributed by atoms with Gasteiger partial charge < -0.3 is 19.2 Å². The Morgan fingerprint density at radius 3 is 2.02 bits per heavy atom. The Morgan fingerprint density at radius 1 is 0.844 bits per heavy atom. The van der Waals surface area contributed by atoms with Crippen molar-refractivity contribution < 1.29 is 33.1 Å². The van der Waals surface area contributed by atoms with Crippen LogP contribution in [0.3, 0.4) is 0 Å². The van der Waals surface area contributed by atoms with E-state index in [1.165, 1.54) is 9.80 Å². The minimum absolute atomic E-state index is 0.0362. The van der Waals surface area contributed by atoms with Crippen LogP contribution in [-0.2, 0) is 25.5 Å². The Kier molecular flexibility index (Phi) is 8.91. The van der Waals surface area contributed by atoms with E-state index in [-0.39, 0.29) is 18.1 Å². The zero-order chi connectivity index (χ0) is 32.5. The number of hydrogen-bond acceptors (Lipinski definition) is 8. The van der Waals surface area contributed by atoms with Gasteiger partial charge in [-0.1, -0.05) is 6.07 Å². The molecule has 45 heavy (non-hydrogen) atoms. The molecule has 11 nitrogen and oxygen atoms in total. The predicted molar refractivity (Wildman–Crippen MR) is 169 cm³/mol. The number of benzene rings is 2. The monoisotopic (exact) mass is 618 g/mol. The summed E-state index contributed by atoms with van der Waals surface area (Å²) in [5.41, 5.74) is 2.03. The molecule has 0 radical (unpaired) electrons. The maximum atomic E-state index is 13.2. The van der Waals surface area contributed by atoms with Gasteiger partial charge in [0.05, 0.1) is 6.04 Å². The quantitative estimate of drug-likeness (QED) is 0.338. The van der Waals surface area contributed by atoms with E-state index in [0.29, 0.717) is 48.6 Å².